The summed E-state index contributed by atoms with van der Waals surface area (Å²) < 4.78 is 5.63. The molecule has 0 fully saturated rings. The zero-order valence-electron chi connectivity index (χ0n) is 11.4. The fourth-order valence-electron chi connectivity index (χ4n) is 1.52. The third-order valence-electron chi connectivity index (χ3n) is 2.68. The summed E-state index contributed by atoms with van der Waals surface area (Å²) in [5.41, 5.74) is 0. The summed E-state index contributed by atoms with van der Waals surface area (Å²) in [6, 6.07) is 8.97. The fourth-order valence-corrected chi connectivity index (χ4v) is 1.52. The number of para-hydroxylation sites is 1. The van der Waals surface area contributed by atoms with E-state index >= 15 is 0 Å². The van der Waals surface area contributed by atoms with Gasteiger partial charge in [0.15, 0.2) is 0 Å². The van der Waals surface area contributed by atoms with Gasteiger partial charge in [-0.25, -0.2) is 4.79 Å². The predicted octanol–water partition coefficient (Wildman–Crippen LogP) is 1.52. The van der Waals surface area contributed by atoms with E-state index in [1.54, 1.807) is 0 Å². The number of carbonyl (C=O) groups excluding carboxylic acids is 1. The van der Waals surface area contributed by atoms with Gasteiger partial charge in [0.05, 0.1) is 19.2 Å². The second kappa shape index (κ2) is 8.37. The highest BCUT2D eigenvalue weighted by molar-refractivity contribution is 5.74. The molecule has 1 rings (SSSR count). The first-order valence-corrected chi connectivity index (χ1v) is 6.52. The van der Waals surface area contributed by atoms with Crippen LogP contribution < -0.4 is 15.4 Å². The Labute approximate surface area is 114 Å². The van der Waals surface area contributed by atoms with Gasteiger partial charge in [0.25, 0.3) is 0 Å². The number of rotatable bonds is 7. The lowest BCUT2D eigenvalue weighted by Gasteiger charge is -2.18. The summed E-state index contributed by atoms with van der Waals surface area (Å²) >= 11 is 0. The smallest absolute Gasteiger partial charge is 0.315 e. The van der Waals surface area contributed by atoms with Crippen molar-refractivity contribution in [2.75, 3.05) is 13.2 Å². The molecule has 0 spiro atoms. The monoisotopic (exact) mass is 266 g/mol. The van der Waals surface area contributed by atoms with Crippen molar-refractivity contribution in [1.29, 1.82) is 0 Å². The fraction of sp³-hybridized carbons (Fsp3) is 0.500. The summed E-state index contributed by atoms with van der Waals surface area (Å²) in [7, 11) is 0. The Balaban J connectivity index is 2.26. The van der Waals surface area contributed by atoms with Gasteiger partial charge < -0.3 is 20.5 Å². The third-order valence-corrected chi connectivity index (χ3v) is 2.68. The molecule has 5 heteroatoms. The van der Waals surface area contributed by atoms with Crippen LogP contribution in [-0.2, 0) is 0 Å². The molecule has 0 aliphatic heterocycles. The molecule has 0 aliphatic carbocycles. The summed E-state index contributed by atoms with van der Waals surface area (Å²) in [5.74, 6) is 0.777. The van der Waals surface area contributed by atoms with E-state index in [9.17, 15) is 4.79 Å². The van der Waals surface area contributed by atoms with Gasteiger partial charge in [-0.1, -0.05) is 25.1 Å². The minimum atomic E-state index is -0.288. The number of ether oxygens (including phenoxy) is 1. The first-order valence-electron chi connectivity index (χ1n) is 6.52. The largest absolute Gasteiger partial charge is 0.489 e. The molecule has 0 bridgehead atoms. The van der Waals surface area contributed by atoms with Crippen LogP contribution in [0.25, 0.3) is 0 Å². The maximum atomic E-state index is 11.5. The molecule has 0 saturated carbocycles. The molecule has 1 aromatic carbocycles. The zero-order chi connectivity index (χ0) is 14.1. The molecule has 3 N–H and O–H groups in total. The van der Waals surface area contributed by atoms with E-state index in [1.807, 2.05) is 44.2 Å². The maximum Gasteiger partial charge on any atom is 0.315 e. The molecule has 0 radical (unpaired) electrons. The molecule has 1 aromatic rings. The van der Waals surface area contributed by atoms with Gasteiger partial charge in [0, 0.05) is 0 Å². The van der Waals surface area contributed by atoms with Crippen LogP contribution in [0.4, 0.5) is 4.79 Å². The molecule has 0 heterocycles. The Bertz CT molecular complexity index is 366. The normalized spacial score (nSPS) is 13.4. The van der Waals surface area contributed by atoms with Crippen LogP contribution in [0.5, 0.6) is 5.75 Å². The Morgan fingerprint density at radius 3 is 2.63 bits per heavy atom. The average molecular weight is 266 g/mol. The van der Waals surface area contributed by atoms with Crippen molar-refractivity contribution < 1.29 is 14.6 Å². The molecular formula is C14H22N2O3. The van der Waals surface area contributed by atoms with Crippen LogP contribution >= 0.6 is 0 Å². The summed E-state index contributed by atoms with van der Waals surface area (Å²) in [6.07, 6.45) is 0.572. The predicted molar refractivity (Wildman–Crippen MR) is 74.2 cm³/mol. The highest BCUT2D eigenvalue weighted by Crippen LogP contribution is 2.10. The molecule has 0 aromatic heterocycles. The molecule has 2 unspecified atom stereocenters. The maximum absolute atomic E-state index is 11.5. The van der Waals surface area contributed by atoms with Crippen molar-refractivity contribution in [3.05, 3.63) is 30.3 Å². The number of urea groups is 1. The van der Waals surface area contributed by atoms with Gasteiger partial charge in [-0.15, -0.1) is 0 Å². The topological polar surface area (TPSA) is 70.6 Å². The highest BCUT2D eigenvalue weighted by atomic mass is 16.5. The quantitative estimate of drug-likeness (QED) is 0.701. The van der Waals surface area contributed by atoms with Crippen molar-refractivity contribution in [1.82, 2.24) is 10.6 Å². The average Bonchev–Trinajstić information content (AvgIpc) is 2.43. The van der Waals surface area contributed by atoms with Crippen LogP contribution in [0.1, 0.15) is 20.3 Å². The Morgan fingerprint density at radius 1 is 1.37 bits per heavy atom. The molecule has 106 valence electrons. The number of hydrogen-bond donors (Lipinski definition) is 3. The summed E-state index contributed by atoms with van der Waals surface area (Å²) in [6.45, 7) is 4.14. The standard InChI is InChI=1S/C14H22N2O3/c1-3-12(10-17)16-14(18)15-9-11(2)19-13-7-5-4-6-8-13/h4-8,11-12,17H,3,9-10H2,1-2H3,(H2,15,16,18). The number of aliphatic hydroxyl groups is 1. The van der Waals surface area contributed by atoms with Crippen LogP contribution in [0.15, 0.2) is 30.3 Å². The van der Waals surface area contributed by atoms with Crippen molar-refractivity contribution in [2.24, 2.45) is 0 Å². The van der Waals surface area contributed by atoms with Crippen LogP contribution in [0, 0.1) is 0 Å². The molecular weight excluding hydrogens is 244 g/mol. The lowest BCUT2D eigenvalue weighted by molar-refractivity contribution is 0.198. The van der Waals surface area contributed by atoms with Gasteiger partial charge >= 0.3 is 6.03 Å². The van der Waals surface area contributed by atoms with E-state index in [0.29, 0.717) is 13.0 Å². The van der Waals surface area contributed by atoms with Gasteiger partial charge in [0.2, 0.25) is 0 Å². The van der Waals surface area contributed by atoms with Crippen molar-refractivity contribution in [3.8, 4) is 5.75 Å². The summed E-state index contributed by atoms with van der Waals surface area (Å²) in [5, 5.41) is 14.4. The minimum absolute atomic E-state index is 0.0556. The third kappa shape index (κ3) is 6.10. The van der Waals surface area contributed by atoms with E-state index < -0.39 is 0 Å². The number of amides is 2. The van der Waals surface area contributed by atoms with E-state index in [1.165, 1.54) is 0 Å². The minimum Gasteiger partial charge on any atom is -0.489 e. The number of aliphatic hydroxyl groups excluding tert-OH is 1. The highest BCUT2D eigenvalue weighted by Gasteiger charge is 2.10. The van der Waals surface area contributed by atoms with E-state index in [0.717, 1.165) is 5.75 Å². The molecule has 0 aliphatic rings. The molecule has 2 atom stereocenters. The van der Waals surface area contributed by atoms with Gasteiger partial charge in [0.1, 0.15) is 11.9 Å². The SMILES string of the molecule is CCC(CO)NC(=O)NCC(C)Oc1ccccc1. The molecule has 5 nitrogen and oxygen atoms in total. The molecule has 0 saturated heterocycles. The van der Waals surface area contributed by atoms with Crippen LogP contribution in [0.2, 0.25) is 0 Å². The number of benzene rings is 1. The molecule has 2 amide bonds. The number of carbonyl (C=O) groups is 1. The van der Waals surface area contributed by atoms with Crippen molar-refractivity contribution >= 4 is 6.03 Å². The lowest BCUT2D eigenvalue weighted by Crippen LogP contribution is -2.46. The van der Waals surface area contributed by atoms with Crippen LogP contribution in [0.3, 0.4) is 0 Å². The van der Waals surface area contributed by atoms with Gasteiger partial charge in [-0.3, -0.25) is 0 Å². The second-order valence-corrected chi connectivity index (χ2v) is 4.38. The number of hydrogen-bond acceptors (Lipinski definition) is 3. The lowest BCUT2D eigenvalue weighted by atomic mass is 10.2. The Hall–Kier alpha value is -1.75. The Kier molecular flexibility index (Phi) is 6.74. The second-order valence-electron chi connectivity index (χ2n) is 4.38. The van der Waals surface area contributed by atoms with Gasteiger partial charge in [-0.05, 0) is 25.5 Å². The number of nitrogens with one attached hydrogen (secondary N) is 2. The zero-order valence-corrected chi connectivity index (χ0v) is 11.4. The Morgan fingerprint density at radius 2 is 2.05 bits per heavy atom. The first-order chi connectivity index (χ1) is 9.15. The molecule has 19 heavy (non-hydrogen) atoms. The van der Waals surface area contributed by atoms with E-state index in [2.05, 4.69) is 10.6 Å². The van der Waals surface area contributed by atoms with Crippen molar-refractivity contribution in [2.45, 2.75) is 32.4 Å². The van der Waals surface area contributed by atoms with E-state index in [-0.39, 0.29) is 24.8 Å². The van der Waals surface area contributed by atoms with Crippen molar-refractivity contribution in [3.63, 3.8) is 0 Å². The first kappa shape index (κ1) is 15.3. The van der Waals surface area contributed by atoms with Crippen LogP contribution in [-0.4, -0.2) is 36.4 Å². The summed E-state index contributed by atoms with van der Waals surface area (Å²) in [4.78, 5) is 11.5. The van der Waals surface area contributed by atoms with Gasteiger partial charge in [-0.2, -0.15) is 0 Å². The van der Waals surface area contributed by atoms with E-state index in [4.69, 9.17) is 9.84 Å².